The van der Waals surface area contributed by atoms with Crippen molar-refractivity contribution in [3.05, 3.63) is 82.6 Å². The Morgan fingerprint density at radius 2 is 1.92 bits per heavy atom. The number of anilines is 2. The smallest absolute Gasteiger partial charge is 0.487 e. The first-order chi connectivity index (χ1) is 22.8. The topological polar surface area (TPSA) is 122 Å². The van der Waals surface area contributed by atoms with Gasteiger partial charge in [0.05, 0.1) is 28.8 Å². The number of benzene rings is 2. The van der Waals surface area contributed by atoms with Crippen LogP contribution in [-0.2, 0) is 30.8 Å². The van der Waals surface area contributed by atoms with Gasteiger partial charge in [0.25, 0.3) is 0 Å². The molecule has 0 amide bonds. The minimum atomic E-state index is -5.08. The second-order valence-corrected chi connectivity index (χ2v) is 13.0. The molecule has 48 heavy (non-hydrogen) atoms. The number of hydrogen-bond acceptors (Lipinski definition) is 8. The number of thiophene rings is 1. The summed E-state index contributed by atoms with van der Waals surface area (Å²) in [5, 5.41) is 27.3. The van der Waals surface area contributed by atoms with Crippen molar-refractivity contribution < 1.29 is 37.3 Å². The molecule has 0 aliphatic heterocycles. The Bertz CT molecular complexity index is 1910. The number of halogens is 5. The highest BCUT2D eigenvalue weighted by atomic mass is 35.5. The van der Waals surface area contributed by atoms with Gasteiger partial charge in [-0.05, 0) is 73.1 Å². The number of aryl methyl sites for hydroxylation is 2. The normalized spacial score (nSPS) is 13.0. The van der Waals surface area contributed by atoms with E-state index in [-0.39, 0.29) is 12.4 Å². The molecule has 3 heterocycles. The number of aromatic nitrogens is 4. The summed E-state index contributed by atoms with van der Waals surface area (Å²) < 4.78 is 52.9. The second-order valence-electron chi connectivity index (χ2n) is 11.6. The number of aliphatic carboxylic acids is 1. The van der Waals surface area contributed by atoms with E-state index in [9.17, 15) is 22.7 Å². The lowest BCUT2D eigenvalue weighted by atomic mass is 9.95. The van der Waals surface area contributed by atoms with Gasteiger partial charge in [-0.15, -0.1) is 11.3 Å². The monoisotopic (exact) mass is 705 g/mol. The first kappa shape index (κ1) is 35.0. The van der Waals surface area contributed by atoms with Crippen LogP contribution < -0.4 is 10.1 Å². The molecule has 0 unspecified atom stereocenters. The zero-order chi connectivity index (χ0) is 34.6. The third-order valence-electron chi connectivity index (χ3n) is 7.48. The second kappa shape index (κ2) is 14.9. The average Bonchev–Trinajstić information content (AvgIpc) is 3.61. The molecule has 2 aromatic carbocycles. The first-order valence-corrected chi connectivity index (χ1v) is 16.2. The zero-order valence-electron chi connectivity index (χ0n) is 25.9. The fraction of sp³-hybridized carbons (Fsp3) is 0.333. The van der Waals surface area contributed by atoms with Crippen molar-refractivity contribution in [1.82, 2.24) is 19.7 Å². The van der Waals surface area contributed by atoms with E-state index in [1.807, 2.05) is 10.7 Å². The van der Waals surface area contributed by atoms with Crippen molar-refractivity contribution in [1.29, 1.82) is 0 Å². The van der Waals surface area contributed by atoms with Gasteiger partial charge < -0.3 is 20.3 Å². The Hall–Kier alpha value is -4.27. The van der Waals surface area contributed by atoms with Crippen molar-refractivity contribution >= 4 is 50.6 Å². The fourth-order valence-electron chi connectivity index (χ4n) is 5.17. The predicted molar refractivity (Wildman–Crippen MR) is 175 cm³/mol. The molecule has 9 nitrogen and oxygen atoms in total. The summed E-state index contributed by atoms with van der Waals surface area (Å²) in [4.78, 5) is 20.1. The van der Waals surface area contributed by atoms with Crippen LogP contribution in [0.3, 0.4) is 0 Å². The molecule has 254 valence electrons. The maximum absolute atomic E-state index is 13.5. The highest BCUT2D eigenvalue weighted by Gasteiger charge is 2.38. The van der Waals surface area contributed by atoms with Gasteiger partial charge >= 0.3 is 12.1 Å². The lowest BCUT2D eigenvalue weighted by Gasteiger charge is -2.13. The van der Waals surface area contributed by atoms with Gasteiger partial charge in [-0.25, -0.2) is 19.2 Å². The zero-order valence-corrected chi connectivity index (χ0v) is 27.5. The maximum Gasteiger partial charge on any atom is 0.490 e. The van der Waals surface area contributed by atoms with Crippen LogP contribution in [-0.4, -0.2) is 48.2 Å². The number of rotatable bonds is 10. The number of nitrogens with one attached hydrogen (secondary N) is 1. The summed E-state index contributed by atoms with van der Waals surface area (Å²) in [6.45, 7) is 5.05. The number of aliphatic hydroxyl groups is 1. The molecule has 0 spiro atoms. The molecule has 5 aromatic rings. The van der Waals surface area contributed by atoms with Crippen LogP contribution in [0.1, 0.15) is 43.5 Å². The van der Waals surface area contributed by atoms with E-state index in [1.54, 1.807) is 41.9 Å². The van der Waals surface area contributed by atoms with Gasteiger partial charge in [-0.3, -0.25) is 4.68 Å². The molecule has 0 saturated carbocycles. The summed E-state index contributed by atoms with van der Waals surface area (Å²) in [6.07, 6.45) is 1.56. The number of ether oxygens (including phenoxy) is 1. The largest absolute Gasteiger partial charge is 0.490 e. The van der Waals surface area contributed by atoms with E-state index in [1.165, 1.54) is 17.7 Å². The molecule has 3 aromatic heterocycles. The van der Waals surface area contributed by atoms with Crippen LogP contribution >= 0.6 is 22.9 Å². The lowest BCUT2D eigenvalue weighted by molar-refractivity contribution is -0.192. The van der Waals surface area contributed by atoms with Gasteiger partial charge in [-0.1, -0.05) is 37.6 Å². The number of aliphatic hydroxyl groups excluding tert-OH is 1. The number of alkyl halides is 3. The highest BCUT2D eigenvalue weighted by molar-refractivity contribution is 7.22. The predicted octanol–water partition coefficient (Wildman–Crippen LogP) is 8.20. The standard InChI is InChI=1S/C31H31ClFN5O2S.C2HF3O2/c1-18(2)6-8-22(39)14-38-15-24-26(37-38)10-9-23-28-30(34-17-35-31(28)41-29(23)24)36-21-7-11-27(25(32)13-21)40-16-19-4-3-5-20(33)12-19;3-2(4,5)1(6)7/h3-5,7,11-13,15,17-18,22,39H,6,8-10,14,16H2,1-2H3,(H,34,35,36);(H,6,7)/t22-;/m1./s1. The summed E-state index contributed by atoms with van der Waals surface area (Å²) >= 11 is 8.18. The number of carboxylic acids is 1. The van der Waals surface area contributed by atoms with E-state index >= 15 is 0 Å². The Balaban J connectivity index is 0.000000582. The quantitative estimate of drug-likeness (QED) is 0.124. The van der Waals surface area contributed by atoms with Crippen molar-refractivity contribution in [2.24, 2.45) is 5.92 Å². The van der Waals surface area contributed by atoms with Gasteiger partial charge in [0.2, 0.25) is 0 Å². The number of fused-ring (bicyclic) bond motifs is 5. The Morgan fingerprint density at radius 1 is 1.15 bits per heavy atom. The molecule has 6 rings (SSSR count). The number of carboxylic acid groups (broad SMARTS) is 1. The number of hydrogen-bond donors (Lipinski definition) is 3. The van der Waals surface area contributed by atoms with Crippen LogP contribution in [0.15, 0.2) is 55.0 Å². The molecule has 0 fully saturated rings. The van der Waals surface area contributed by atoms with Gasteiger partial charge in [0, 0.05) is 22.3 Å². The summed E-state index contributed by atoms with van der Waals surface area (Å²) in [7, 11) is 0. The van der Waals surface area contributed by atoms with Crippen molar-refractivity contribution in [2.45, 2.75) is 65.0 Å². The van der Waals surface area contributed by atoms with Gasteiger partial charge in [0.15, 0.2) is 0 Å². The summed E-state index contributed by atoms with van der Waals surface area (Å²) in [6, 6.07) is 11.8. The van der Waals surface area contributed by atoms with Crippen LogP contribution in [0.2, 0.25) is 5.02 Å². The molecular weight excluding hydrogens is 674 g/mol. The third-order valence-corrected chi connectivity index (χ3v) is 8.95. The van der Waals surface area contributed by atoms with E-state index in [2.05, 4.69) is 35.3 Å². The summed E-state index contributed by atoms with van der Waals surface area (Å²) in [5.41, 5.74) is 4.88. The Kier molecular flexibility index (Phi) is 10.9. The van der Waals surface area contributed by atoms with E-state index in [0.717, 1.165) is 69.1 Å². The van der Waals surface area contributed by atoms with Gasteiger partial charge in [0.1, 0.15) is 35.1 Å². The fourth-order valence-corrected chi connectivity index (χ4v) is 6.63. The van der Waals surface area contributed by atoms with Gasteiger partial charge in [-0.2, -0.15) is 18.3 Å². The van der Waals surface area contributed by atoms with E-state index in [4.69, 9.17) is 31.3 Å². The third kappa shape index (κ3) is 8.60. The van der Waals surface area contributed by atoms with Crippen LogP contribution in [0.5, 0.6) is 5.75 Å². The molecule has 15 heteroatoms. The highest BCUT2D eigenvalue weighted by Crippen LogP contribution is 2.45. The van der Waals surface area contributed by atoms with Crippen LogP contribution in [0.25, 0.3) is 20.7 Å². The number of nitrogens with zero attached hydrogens (tertiary/aromatic N) is 4. The van der Waals surface area contributed by atoms with Crippen molar-refractivity contribution in [3.63, 3.8) is 0 Å². The first-order valence-electron chi connectivity index (χ1n) is 15.0. The number of carbonyl (C=O) groups is 1. The van der Waals surface area contributed by atoms with E-state index < -0.39 is 18.2 Å². The van der Waals surface area contributed by atoms with Crippen molar-refractivity contribution in [3.8, 4) is 16.2 Å². The van der Waals surface area contributed by atoms with Crippen LogP contribution in [0, 0.1) is 11.7 Å². The lowest BCUT2D eigenvalue weighted by Crippen LogP contribution is -2.21. The van der Waals surface area contributed by atoms with E-state index in [0.29, 0.717) is 23.2 Å². The average molecular weight is 706 g/mol. The molecule has 0 saturated heterocycles. The molecule has 1 aliphatic rings. The maximum atomic E-state index is 13.5. The molecular formula is C33H32ClF4N5O4S. The molecule has 1 atom stereocenters. The minimum absolute atomic E-state index is 0.216. The Morgan fingerprint density at radius 3 is 2.60 bits per heavy atom. The van der Waals surface area contributed by atoms with Crippen molar-refractivity contribution in [2.75, 3.05) is 5.32 Å². The molecule has 3 N–H and O–H groups in total. The molecule has 1 aliphatic carbocycles. The minimum Gasteiger partial charge on any atom is -0.487 e. The SMILES string of the molecule is CC(C)CC[C@@H](O)Cn1cc2c(n1)CCc1c-2sc2ncnc(Nc3ccc(OCc4cccc(F)c4)c(Cl)c3)c12.O=C(O)C(F)(F)F. The summed E-state index contributed by atoms with van der Waals surface area (Å²) in [5.74, 6) is -1.26. The Labute approximate surface area is 282 Å². The molecule has 0 radical (unpaired) electrons. The molecule has 0 bridgehead atoms. The van der Waals surface area contributed by atoms with Crippen LogP contribution in [0.4, 0.5) is 29.1 Å².